The maximum absolute atomic E-state index is 4.31. The van der Waals surface area contributed by atoms with Crippen molar-refractivity contribution in [3.63, 3.8) is 0 Å². The van der Waals surface area contributed by atoms with E-state index in [2.05, 4.69) is 33.9 Å². The number of hydrogen-bond donors (Lipinski definition) is 2. The normalized spacial score (nSPS) is 16.4. The van der Waals surface area contributed by atoms with Crippen molar-refractivity contribution in [3.8, 4) is 5.69 Å². The average molecular weight is 256 g/mol. The van der Waals surface area contributed by atoms with Crippen LogP contribution in [0, 0.1) is 5.92 Å². The first-order chi connectivity index (χ1) is 9.43. The molecule has 1 aromatic heterocycles. The van der Waals surface area contributed by atoms with Gasteiger partial charge in [-0.3, -0.25) is 0 Å². The molecule has 0 radical (unpaired) electrons. The lowest BCUT2D eigenvalue weighted by atomic mass is 9.98. The van der Waals surface area contributed by atoms with Crippen molar-refractivity contribution in [3.05, 3.63) is 42.7 Å². The second-order valence-electron chi connectivity index (χ2n) is 5.04. The van der Waals surface area contributed by atoms with Crippen molar-refractivity contribution >= 4 is 5.69 Å². The predicted molar refractivity (Wildman–Crippen MR) is 77.6 cm³/mol. The van der Waals surface area contributed by atoms with Gasteiger partial charge in [-0.2, -0.15) is 5.10 Å². The summed E-state index contributed by atoms with van der Waals surface area (Å²) < 4.78 is 1.91. The van der Waals surface area contributed by atoms with Gasteiger partial charge in [0.2, 0.25) is 0 Å². The van der Waals surface area contributed by atoms with Gasteiger partial charge in [0.25, 0.3) is 0 Å². The summed E-state index contributed by atoms with van der Waals surface area (Å²) >= 11 is 0. The van der Waals surface area contributed by atoms with E-state index in [9.17, 15) is 0 Å². The van der Waals surface area contributed by atoms with Gasteiger partial charge in [-0.05, 0) is 50.0 Å². The Morgan fingerprint density at radius 3 is 2.84 bits per heavy atom. The van der Waals surface area contributed by atoms with Gasteiger partial charge in [0, 0.05) is 18.9 Å². The summed E-state index contributed by atoms with van der Waals surface area (Å²) in [6.07, 6.45) is 6.31. The Hall–Kier alpha value is -1.81. The first-order valence-corrected chi connectivity index (χ1v) is 6.97. The topological polar surface area (TPSA) is 41.9 Å². The molecule has 0 unspecified atom stereocenters. The molecule has 0 atom stereocenters. The molecule has 2 N–H and O–H groups in total. The lowest BCUT2D eigenvalue weighted by Gasteiger charge is -2.23. The molecular formula is C15H20N4. The maximum Gasteiger partial charge on any atom is 0.0876 e. The van der Waals surface area contributed by atoms with Gasteiger partial charge < -0.3 is 10.6 Å². The molecule has 1 saturated heterocycles. The highest BCUT2D eigenvalue weighted by Gasteiger charge is 2.13. The van der Waals surface area contributed by atoms with E-state index in [1.54, 1.807) is 0 Å². The first kappa shape index (κ1) is 12.2. The van der Waals surface area contributed by atoms with E-state index in [1.807, 2.05) is 29.2 Å². The summed E-state index contributed by atoms with van der Waals surface area (Å²) in [6, 6.07) is 10.3. The lowest BCUT2D eigenvalue weighted by Crippen LogP contribution is -2.31. The highest BCUT2D eigenvalue weighted by Crippen LogP contribution is 2.20. The minimum atomic E-state index is 0.770. The summed E-state index contributed by atoms with van der Waals surface area (Å²) in [5.41, 5.74) is 2.27. The van der Waals surface area contributed by atoms with E-state index in [4.69, 9.17) is 0 Å². The monoisotopic (exact) mass is 256 g/mol. The van der Waals surface area contributed by atoms with E-state index in [0.717, 1.165) is 36.9 Å². The van der Waals surface area contributed by atoms with Crippen LogP contribution in [0.3, 0.4) is 0 Å². The molecule has 4 nitrogen and oxygen atoms in total. The minimum Gasteiger partial charge on any atom is -0.383 e. The maximum atomic E-state index is 4.31. The number of nitrogens with zero attached hydrogens (tertiary/aromatic N) is 2. The van der Waals surface area contributed by atoms with Crippen LogP contribution in [-0.4, -0.2) is 29.4 Å². The number of rotatable bonds is 4. The third-order valence-corrected chi connectivity index (χ3v) is 3.70. The molecule has 0 aliphatic carbocycles. The Kier molecular flexibility index (Phi) is 3.79. The van der Waals surface area contributed by atoms with Gasteiger partial charge >= 0.3 is 0 Å². The summed E-state index contributed by atoms with van der Waals surface area (Å²) in [4.78, 5) is 0. The quantitative estimate of drug-likeness (QED) is 0.882. The van der Waals surface area contributed by atoms with Crippen LogP contribution in [0.4, 0.5) is 5.69 Å². The van der Waals surface area contributed by atoms with Crippen molar-refractivity contribution in [1.29, 1.82) is 0 Å². The third kappa shape index (κ3) is 2.96. The van der Waals surface area contributed by atoms with Crippen molar-refractivity contribution < 1.29 is 0 Å². The van der Waals surface area contributed by atoms with E-state index >= 15 is 0 Å². The van der Waals surface area contributed by atoms with E-state index < -0.39 is 0 Å². The number of benzene rings is 1. The fourth-order valence-electron chi connectivity index (χ4n) is 2.57. The lowest BCUT2D eigenvalue weighted by molar-refractivity contribution is 0.390. The fraction of sp³-hybridized carbons (Fsp3) is 0.400. The zero-order valence-electron chi connectivity index (χ0n) is 11.0. The zero-order chi connectivity index (χ0) is 12.9. The molecular weight excluding hydrogens is 236 g/mol. The molecule has 1 aliphatic rings. The summed E-state index contributed by atoms with van der Waals surface area (Å²) in [5.74, 6) is 0.770. The molecule has 0 bridgehead atoms. The number of para-hydroxylation sites is 2. The Morgan fingerprint density at radius 2 is 2.05 bits per heavy atom. The molecule has 19 heavy (non-hydrogen) atoms. The fourth-order valence-corrected chi connectivity index (χ4v) is 2.57. The predicted octanol–water partition coefficient (Wildman–Crippen LogP) is 2.28. The minimum absolute atomic E-state index is 0.770. The molecule has 1 aliphatic heterocycles. The Labute approximate surface area is 113 Å². The van der Waals surface area contributed by atoms with E-state index in [1.165, 1.54) is 12.8 Å². The van der Waals surface area contributed by atoms with Crippen LogP contribution in [0.5, 0.6) is 0 Å². The van der Waals surface area contributed by atoms with Crippen LogP contribution in [0.1, 0.15) is 12.8 Å². The van der Waals surface area contributed by atoms with Crippen LogP contribution in [-0.2, 0) is 0 Å². The first-order valence-electron chi connectivity index (χ1n) is 6.97. The Bertz CT molecular complexity index is 501. The van der Waals surface area contributed by atoms with Crippen LogP contribution < -0.4 is 10.6 Å². The van der Waals surface area contributed by atoms with Gasteiger partial charge in [0.1, 0.15) is 0 Å². The smallest absolute Gasteiger partial charge is 0.0876 e. The highest BCUT2D eigenvalue weighted by molar-refractivity contribution is 5.60. The molecule has 3 rings (SSSR count). The third-order valence-electron chi connectivity index (χ3n) is 3.70. The van der Waals surface area contributed by atoms with Crippen LogP contribution >= 0.6 is 0 Å². The van der Waals surface area contributed by atoms with E-state index in [-0.39, 0.29) is 0 Å². The van der Waals surface area contributed by atoms with Gasteiger partial charge in [-0.15, -0.1) is 0 Å². The van der Waals surface area contributed by atoms with Crippen LogP contribution in [0.2, 0.25) is 0 Å². The van der Waals surface area contributed by atoms with Gasteiger partial charge in [0.05, 0.1) is 11.4 Å². The van der Waals surface area contributed by atoms with E-state index in [0.29, 0.717) is 0 Å². The van der Waals surface area contributed by atoms with Crippen LogP contribution in [0.25, 0.3) is 5.69 Å². The molecule has 100 valence electrons. The van der Waals surface area contributed by atoms with Gasteiger partial charge in [0.15, 0.2) is 0 Å². The highest BCUT2D eigenvalue weighted by atomic mass is 15.3. The second-order valence-corrected chi connectivity index (χ2v) is 5.04. The van der Waals surface area contributed by atoms with Crippen LogP contribution in [0.15, 0.2) is 42.7 Å². The Balaban J connectivity index is 1.70. The summed E-state index contributed by atoms with van der Waals surface area (Å²) in [7, 11) is 0. The number of anilines is 1. The number of nitrogens with one attached hydrogen (secondary N) is 2. The van der Waals surface area contributed by atoms with Crippen molar-refractivity contribution in [1.82, 2.24) is 15.1 Å². The largest absolute Gasteiger partial charge is 0.383 e. The molecule has 0 saturated carbocycles. The summed E-state index contributed by atoms with van der Waals surface area (Å²) in [5, 5.41) is 11.3. The van der Waals surface area contributed by atoms with Gasteiger partial charge in [-0.1, -0.05) is 12.1 Å². The molecule has 1 aromatic carbocycles. The second kappa shape index (κ2) is 5.89. The summed E-state index contributed by atoms with van der Waals surface area (Å²) in [6.45, 7) is 3.33. The van der Waals surface area contributed by atoms with Crippen molar-refractivity contribution in [2.45, 2.75) is 12.8 Å². The standard InChI is InChI=1S/C15H20N4/c1-2-5-15(19-11-3-8-18-19)14(4-1)17-12-13-6-9-16-10-7-13/h1-5,8,11,13,16-17H,6-7,9-10,12H2. The number of aromatic nitrogens is 2. The molecule has 2 heterocycles. The molecule has 2 aromatic rings. The SMILES string of the molecule is c1ccc(-n2cccn2)c(NCC2CCNCC2)c1. The molecule has 0 amide bonds. The number of piperidine rings is 1. The van der Waals surface area contributed by atoms with Crippen molar-refractivity contribution in [2.24, 2.45) is 5.92 Å². The number of hydrogen-bond acceptors (Lipinski definition) is 3. The zero-order valence-corrected chi connectivity index (χ0v) is 11.0. The van der Waals surface area contributed by atoms with Gasteiger partial charge in [-0.25, -0.2) is 4.68 Å². The average Bonchev–Trinajstić information content (AvgIpc) is 3.01. The molecule has 1 fully saturated rings. The molecule has 4 heteroatoms. The Morgan fingerprint density at radius 1 is 1.21 bits per heavy atom. The van der Waals surface area contributed by atoms with Crippen molar-refractivity contribution in [2.75, 3.05) is 25.0 Å². The molecule has 0 spiro atoms.